The number of urea groups is 1. The summed E-state index contributed by atoms with van der Waals surface area (Å²) >= 11 is 2.74. The van der Waals surface area contributed by atoms with E-state index in [0.29, 0.717) is 18.3 Å². The Bertz CT molecular complexity index is 1300. The molecule has 168 valence electrons. The zero-order valence-electron chi connectivity index (χ0n) is 17.1. The minimum atomic E-state index is -0.863. The fourth-order valence-corrected chi connectivity index (χ4v) is 4.83. The molecule has 0 aliphatic rings. The molecule has 0 atom stereocenters. The van der Waals surface area contributed by atoms with Gasteiger partial charge in [-0.3, -0.25) is 4.79 Å². The lowest BCUT2D eigenvalue weighted by molar-refractivity contribution is -0.118. The van der Waals surface area contributed by atoms with Gasteiger partial charge in [0.2, 0.25) is 5.91 Å². The van der Waals surface area contributed by atoms with Gasteiger partial charge in [0, 0.05) is 18.3 Å². The number of amides is 3. The van der Waals surface area contributed by atoms with Gasteiger partial charge in [-0.2, -0.15) is 0 Å². The van der Waals surface area contributed by atoms with E-state index >= 15 is 0 Å². The summed E-state index contributed by atoms with van der Waals surface area (Å²) in [4.78, 5) is 28.8. The van der Waals surface area contributed by atoms with Gasteiger partial charge in [0.1, 0.15) is 11.6 Å². The molecule has 0 saturated heterocycles. The minimum Gasteiger partial charge on any atom is -0.351 e. The van der Waals surface area contributed by atoms with Crippen molar-refractivity contribution in [2.24, 2.45) is 0 Å². The van der Waals surface area contributed by atoms with Crippen LogP contribution < -0.4 is 16.0 Å². The molecule has 0 unspecified atom stereocenters. The minimum absolute atomic E-state index is 0.0878. The number of hydrogen-bond acceptors (Lipinski definition) is 5. The molecular formula is C23H18F2N4O2S2. The van der Waals surface area contributed by atoms with Crippen molar-refractivity contribution in [3.63, 3.8) is 0 Å². The Morgan fingerprint density at radius 3 is 2.58 bits per heavy atom. The van der Waals surface area contributed by atoms with E-state index in [4.69, 9.17) is 0 Å². The quantitative estimate of drug-likeness (QED) is 0.297. The largest absolute Gasteiger partial charge is 0.351 e. The molecule has 0 spiro atoms. The van der Waals surface area contributed by atoms with E-state index in [2.05, 4.69) is 20.9 Å². The summed E-state index contributed by atoms with van der Waals surface area (Å²) in [7, 11) is 0. The number of hydrogen-bond donors (Lipinski definition) is 3. The number of carbonyl (C=O) groups excluding carboxylic acids is 2. The van der Waals surface area contributed by atoms with Gasteiger partial charge < -0.3 is 16.0 Å². The zero-order valence-corrected chi connectivity index (χ0v) is 18.7. The lowest BCUT2D eigenvalue weighted by Crippen LogP contribution is -2.24. The monoisotopic (exact) mass is 484 g/mol. The van der Waals surface area contributed by atoms with Crippen LogP contribution in [-0.2, 0) is 11.3 Å². The number of aromatic nitrogens is 1. The molecule has 3 N–H and O–H groups in total. The summed E-state index contributed by atoms with van der Waals surface area (Å²) in [6, 6.07) is 17.1. The highest BCUT2D eigenvalue weighted by atomic mass is 32.2. The standard InChI is InChI=1S/C23H18F2N4O2S2/c24-15-6-8-18(17(25)10-15)28-22(31)27-16-7-9-19-20(11-16)33-23(29-19)32-13-21(30)26-12-14-4-2-1-3-5-14/h1-11H,12-13H2,(H,26,30)(H2,27,28,31). The maximum Gasteiger partial charge on any atom is 0.323 e. The molecule has 0 aliphatic carbocycles. The van der Waals surface area contributed by atoms with E-state index < -0.39 is 17.7 Å². The lowest BCUT2D eigenvalue weighted by atomic mass is 10.2. The maximum atomic E-state index is 13.7. The van der Waals surface area contributed by atoms with Gasteiger partial charge in [-0.1, -0.05) is 42.1 Å². The van der Waals surface area contributed by atoms with Crippen LogP contribution in [0.15, 0.2) is 71.1 Å². The average Bonchev–Trinajstić information content (AvgIpc) is 3.21. The first-order chi connectivity index (χ1) is 16.0. The summed E-state index contributed by atoms with van der Waals surface area (Å²) in [6.07, 6.45) is 0. The molecule has 10 heteroatoms. The first-order valence-corrected chi connectivity index (χ1v) is 11.6. The van der Waals surface area contributed by atoms with Crippen molar-refractivity contribution < 1.29 is 18.4 Å². The summed E-state index contributed by atoms with van der Waals surface area (Å²) in [5.74, 6) is -1.44. The second-order valence-electron chi connectivity index (χ2n) is 6.92. The number of fused-ring (bicyclic) bond motifs is 1. The molecule has 33 heavy (non-hydrogen) atoms. The lowest BCUT2D eigenvalue weighted by Gasteiger charge is -2.08. The van der Waals surface area contributed by atoms with E-state index in [0.717, 1.165) is 32.3 Å². The third-order valence-electron chi connectivity index (χ3n) is 4.47. The van der Waals surface area contributed by atoms with Gasteiger partial charge in [-0.25, -0.2) is 18.6 Å². The summed E-state index contributed by atoms with van der Waals surface area (Å²) in [5.41, 5.74) is 2.13. The van der Waals surface area contributed by atoms with Crippen LogP contribution in [-0.4, -0.2) is 22.7 Å². The van der Waals surface area contributed by atoms with Gasteiger partial charge in [0.25, 0.3) is 0 Å². The van der Waals surface area contributed by atoms with Gasteiger partial charge >= 0.3 is 6.03 Å². The Labute approximate surface area is 196 Å². The molecule has 4 rings (SSSR count). The molecule has 0 radical (unpaired) electrons. The molecule has 3 amide bonds. The van der Waals surface area contributed by atoms with E-state index in [1.54, 1.807) is 18.2 Å². The summed E-state index contributed by atoms with van der Waals surface area (Å²) in [5, 5.41) is 7.83. The molecule has 0 saturated carbocycles. The van der Waals surface area contributed by atoms with Crippen molar-refractivity contribution >= 4 is 56.6 Å². The van der Waals surface area contributed by atoms with Crippen LogP contribution in [0.1, 0.15) is 5.56 Å². The number of benzene rings is 3. The van der Waals surface area contributed by atoms with Crippen molar-refractivity contribution in [1.29, 1.82) is 0 Å². The van der Waals surface area contributed by atoms with E-state index in [1.165, 1.54) is 23.1 Å². The summed E-state index contributed by atoms with van der Waals surface area (Å²) in [6.45, 7) is 0.471. The molecule has 0 aliphatic heterocycles. The molecule has 6 nitrogen and oxygen atoms in total. The predicted octanol–water partition coefficient (Wildman–Crippen LogP) is 5.63. The molecule has 0 bridgehead atoms. The van der Waals surface area contributed by atoms with Crippen LogP contribution in [0.5, 0.6) is 0 Å². The Morgan fingerprint density at radius 1 is 0.970 bits per heavy atom. The number of carbonyl (C=O) groups is 2. The van der Waals surface area contributed by atoms with Gasteiger partial charge in [0.15, 0.2) is 4.34 Å². The number of rotatable bonds is 7. The maximum absolute atomic E-state index is 13.7. The molecule has 1 heterocycles. The van der Waals surface area contributed by atoms with Crippen LogP contribution >= 0.6 is 23.1 Å². The van der Waals surface area contributed by atoms with E-state index in [1.807, 2.05) is 30.3 Å². The van der Waals surface area contributed by atoms with Crippen molar-refractivity contribution in [3.8, 4) is 0 Å². The second kappa shape index (κ2) is 10.4. The normalized spacial score (nSPS) is 10.7. The number of thioether (sulfide) groups is 1. The van der Waals surface area contributed by atoms with E-state index in [9.17, 15) is 18.4 Å². The highest BCUT2D eigenvalue weighted by Gasteiger charge is 2.11. The van der Waals surface area contributed by atoms with Crippen molar-refractivity contribution in [2.75, 3.05) is 16.4 Å². The second-order valence-corrected chi connectivity index (χ2v) is 9.17. The van der Waals surface area contributed by atoms with Gasteiger partial charge in [-0.15, -0.1) is 11.3 Å². The number of anilines is 2. The molecule has 4 aromatic rings. The molecule has 3 aromatic carbocycles. The SMILES string of the molecule is O=C(CSc1nc2ccc(NC(=O)Nc3ccc(F)cc3F)cc2s1)NCc1ccccc1. The highest BCUT2D eigenvalue weighted by molar-refractivity contribution is 8.01. The highest BCUT2D eigenvalue weighted by Crippen LogP contribution is 2.31. The van der Waals surface area contributed by atoms with Crippen LogP contribution in [0, 0.1) is 11.6 Å². The Hall–Kier alpha value is -3.50. The zero-order chi connectivity index (χ0) is 23.2. The Morgan fingerprint density at radius 2 is 1.79 bits per heavy atom. The van der Waals surface area contributed by atoms with Crippen LogP contribution in [0.25, 0.3) is 10.2 Å². The average molecular weight is 485 g/mol. The predicted molar refractivity (Wildman–Crippen MR) is 128 cm³/mol. The molecule has 1 aromatic heterocycles. The third kappa shape index (κ3) is 6.27. The van der Waals surface area contributed by atoms with Crippen molar-refractivity contribution in [3.05, 3.63) is 83.9 Å². The number of thiazole rings is 1. The Balaban J connectivity index is 1.32. The number of nitrogens with zero attached hydrogens (tertiary/aromatic N) is 1. The van der Waals surface area contributed by atoms with Crippen molar-refractivity contribution in [1.82, 2.24) is 10.3 Å². The number of nitrogens with one attached hydrogen (secondary N) is 3. The smallest absolute Gasteiger partial charge is 0.323 e. The van der Waals surface area contributed by atoms with Crippen LogP contribution in [0.3, 0.4) is 0 Å². The third-order valence-corrected chi connectivity index (χ3v) is 6.63. The molecular weight excluding hydrogens is 466 g/mol. The molecule has 0 fully saturated rings. The van der Waals surface area contributed by atoms with Gasteiger partial charge in [-0.05, 0) is 35.9 Å². The number of halogens is 2. The van der Waals surface area contributed by atoms with Gasteiger partial charge in [0.05, 0.1) is 21.7 Å². The van der Waals surface area contributed by atoms with Crippen LogP contribution in [0.4, 0.5) is 25.0 Å². The fourth-order valence-electron chi connectivity index (χ4n) is 2.89. The first-order valence-electron chi connectivity index (χ1n) is 9.83. The van der Waals surface area contributed by atoms with Crippen LogP contribution in [0.2, 0.25) is 0 Å². The van der Waals surface area contributed by atoms with Crippen molar-refractivity contribution in [2.45, 2.75) is 10.9 Å². The summed E-state index contributed by atoms with van der Waals surface area (Å²) < 4.78 is 28.3. The van der Waals surface area contributed by atoms with E-state index in [-0.39, 0.29) is 17.3 Å². The fraction of sp³-hybridized carbons (Fsp3) is 0.0870. The topological polar surface area (TPSA) is 83.1 Å². The Kier molecular flexibility index (Phi) is 7.16. The first kappa shape index (κ1) is 22.7.